The van der Waals surface area contributed by atoms with E-state index in [2.05, 4.69) is 21.2 Å². The number of nitro benzene ring substituents is 1. The van der Waals surface area contributed by atoms with Crippen molar-refractivity contribution in [1.82, 2.24) is 0 Å². The average Bonchev–Trinajstić information content (AvgIpc) is 2.32. The standard InChI is InChI=1S/C15H21BrN2O4/c1-9(2)13(14(19)22-15(3,4)5)17-11-8-10(16)6-7-12(11)18(20)21/h6-9,13,17H,1-5H3. The van der Waals surface area contributed by atoms with E-state index in [0.717, 1.165) is 0 Å². The Kier molecular flexibility index (Phi) is 5.93. The SMILES string of the molecule is CC(C)C(Nc1cc(Br)ccc1[N+](=O)[O-])C(=O)OC(C)(C)C. The summed E-state index contributed by atoms with van der Waals surface area (Å²) in [6, 6.07) is 3.88. The van der Waals surface area contributed by atoms with Gasteiger partial charge < -0.3 is 10.1 Å². The van der Waals surface area contributed by atoms with Gasteiger partial charge in [-0.05, 0) is 38.8 Å². The molecule has 7 heteroatoms. The van der Waals surface area contributed by atoms with Crippen molar-refractivity contribution in [2.45, 2.75) is 46.3 Å². The van der Waals surface area contributed by atoms with Gasteiger partial charge in [0.1, 0.15) is 17.3 Å². The van der Waals surface area contributed by atoms with Gasteiger partial charge >= 0.3 is 5.97 Å². The number of carbonyl (C=O) groups is 1. The summed E-state index contributed by atoms with van der Waals surface area (Å²) in [5, 5.41) is 14.1. The lowest BCUT2D eigenvalue weighted by atomic mass is 10.0. The number of halogens is 1. The lowest BCUT2D eigenvalue weighted by molar-refractivity contribution is -0.384. The van der Waals surface area contributed by atoms with Crippen LogP contribution < -0.4 is 5.32 Å². The smallest absolute Gasteiger partial charge is 0.329 e. The number of nitrogens with zero attached hydrogens (tertiary/aromatic N) is 1. The molecule has 0 aliphatic carbocycles. The Labute approximate surface area is 138 Å². The second-order valence-corrected chi connectivity index (χ2v) is 7.23. The van der Waals surface area contributed by atoms with Crippen LogP contribution in [0.25, 0.3) is 0 Å². The van der Waals surface area contributed by atoms with E-state index in [1.807, 2.05) is 13.8 Å². The number of esters is 1. The maximum Gasteiger partial charge on any atom is 0.329 e. The highest BCUT2D eigenvalue weighted by Crippen LogP contribution is 2.29. The molecule has 0 aliphatic rings. The Morgan fingerprint density at radius 1 is 1.36 bits per heavy atom. The molecule has 22 heavy (non-hydrogen) atoms. The van der Waals surface area contributed by atoms with E-state index in [9.17, 15) is 14.9 Å². The van der Waals surface area contributed by atoms with Crippen molar-refractivity contribution in [3.8, 4) is 0 Å². The van der Waals surface area contributed by atoms with Gasteiger partial charge in [0, 0.05) is 10.5 Å². The van der Waals surface area contributed by atoms with Gasteiger partial charge in [-0.15, -0.1) is 0 Å². The number of hydrogen-bond donors (Lipinski definition) is 1. The molecule has 0 amide bonds. The number of ether oxygens (including phenoxy) is 1. The molecule has 0 saturated heterocycles. The van der Waals surface area contributed by atoms with Crippen LogP contribution in [0.3, 0.4) is 0 Å². The summed E-state index contributed by atoms with van der Waals surface area (Å²) >= 11 is 3.28. The van der Waals surface area contributed by atoms with Crippen molar-refractivity contribution in [3.63, 3.8) is 0 Å². The fourth-order valence-electron chi connectivity index (χ4n) is 1.81. The second kappa shape index (κ2) is 7.09. The van der Waals surface area contributed by atoms with E-state index in [1.54, 1.807) is 32.9 Å². The van der Waals surface area contributed by atoms with Crippen molar-refractivity contribution in [2.24, 2.45) is 5.92 Å². The van der Waals surface area contributed by atoms with Crippen molar-refractivity contribution in [3.05, 3.63) is 32.8 Å². The van der Waals surface area contributed by atoms with E-state index < -0.39 is 22.5 Å². The molecule has 0 saturated carbocycles. The average molecular weight is 373 g/mol. The minimum absolute atomic E-state index is 0.0857. The predicted molar refractivity (Wildman–Crippen MR) is 88.9 cm³/mol. The maximum atomic E-state index is 12.3. The molecule has 122 valence electrons. The van der Waals surface area contributed by atoms with Crippen LogP contribution in [0.5, 0.6) is 0 Å². The molecule has 1 aromatic rings. The summed E-state index contributed by atoms with van der Waals surface area (Å²) in [7, 11) is 0. The van der Waals surface area contributed by atoms with Gasteiger partial charge in [0.15, 0.2) is 0 Å². The third-order valence-corrected chi connectivity index (χ3v) is 3.29. The minimum atomic E-state index is -0.674. The number of benzene rings is 1. The molecule has 1 aromatic carbocycles. The summed E-state index contributed by atoms with van der Waals surface area (Å²) in [5.41, 5.74) is -0.420. The molecule has 1 rings (SSSR count). The topological polar surface area (TPSA) is 81.5 Å². The molecular formula is C15H21BrN2O4. The summed E-state index contributed by atoms with van der Waals surface area (Å²) < 4.78 is 6.07. The first-order valence-corrected chi connectivity index (χ1v) is 7.74. The molecule has 0 radical (unpaired) electrons. The Morgan fingerprint density at radius 3 is 2.41 bits per heavy atom. The van der Waals surface area contributed by atoms with Crippen molar-refractivity contribution in [1.29, 1.82) is 0 Å². The Hall–Kier alpha value is -1.63. The van der Waals surface area contributed by atoms with Crippen LogP contribution in [-0.4, -0.2) is 22.5 Å². The van der Waals surface area contributed by atoms with Crippen molar-refractivity contribution in [2.75, 3.05) is 5.32 Å². The quantitative estimate of drug-likeness (QED) is 0.477. The molecule has 1 unspecified atom stereocenters. The first kappa shape index (κ1) is 18.4. The minimum Gasteiger partial charge on any atom is -0.458 e. The largest absolute Gasteiger partial charge is 0.458 e. The number of carbonyl (C=O) groups excluding carboxylic acids is 1. The van der Waals surface area contributed by atoms with E-state index in [4.69, 9.17) is 4.74 Å². The molecular weight excluding hydrogens is 352 g/mol. The van der Waals surface area contributed by atoms with Gasteiger partial charge in [-0.3, -0.25) is 10.1 Å². The summed E-state index contributed by atoms with van der Waals surface area (Å²) in [6.45, 7) is 9.05. The molecule has 0 fully saturated rings. The molecule has 0 bridgehead atoms. The second-order valence-electron chi connectivity index (χ2n) is 6.32. The number of anilines is 1. The highest BCUT2D eigenvalue weighted by atomic mass is 79.9. The predicted octanol–water partition coefficient (Wildman–Crippen LogP) is 4.14. The molecule has 0 aromatic heterocycles. The molecule has 6 nitrogen and oxygen atoms in total. The van der Waals surface area contributed by atoms with Gasteiger partial charge in [-0.25, -0.2) is 4.79 Å². The number of hydrogen-bond acceptors (Lipinski definition) is 5. The zero-order chi connectivity index (χ0) is 17.1. The molecule has 0 heterocycles. The van der Waals surface area contributed by atoms with Gasteiger partial charge in [-0.1, -0.05) is 29.8 Å². The monoisotopic (exact) mass is 372 g/mol. The Bertz CT molecular complexity index is 567. The molecule has 1 N–H and O–H groups in total. The number of rotatable bonds is 5. The van der Waals surface area contributed by atoms with Crippen LogP contribution in [0.15, 0.2) is 22.7 Å². The van der Waals surface area contributed by atoms with Gasteiger partial charge in [0.25, 0.3) is 5.69 Å². The fourth-order valence-corrected chi connectivity index (χ4v) is 2.17. The van der Waals surface area contributed by atoms with Crippen LogP contribution in [0, 0.1) is 16.0 Å². The van der Waals surface area contributed by atoms with Gasteiger partial charge in [0.2, 0.25) is 0 Å². The molecule has 1 atom stereocenters. The summed E-state index contributed by atoms with van der Waals surface area (Å²) in [5.74, 6) is -0.523. The van der Waals surface area contributed by atoms with Crippen LogP contribution in [0.1, 0.15) is 34.6 Å². The summed E-state index contributed by atoms with van der Waals surface area (Å²) in [6.07, 6.45) is 0. The van der Waals surface area contributed by atoms with Crippen molar-refractivity contribution >= 4 is 33.3 Å². The number of nitro groups is 1. The van der Waals surface area contributed by atoms with Gasteiger partial charge in [0.05, 0.1) is 4.92 Å². The lowest BCUT2D eigenvalue weighted by Gasteiger charge is -2.27. The Morgan fingerprint density at radius 2 is 1.95 bits per heavy atom. The van der Waals surface area contributed by atoms with Gasteiger partial charge in [-0.2, -0.15) is 0 Å². The number of nitrogens with one attached hydrogen (secondary N) is 1. The third kappa shape index (κ3) is 5.29. The molecule has 0 spiro atoms. The van der Waals surface area contributed by atoms with E-state index >= 15 is 0 Å². The van der Waals surface area contributed by atoms with Crippen LogP contribution in [-0.2, 0) is 9.53 Å². The normalized spacial score (nSPS) is 12.9. The first-order chi connectivity index (χ1) is 10.0. The summed E-state index contributed by atoms with van der Waals surface area (Å²) in [4.78, 5) is 22.9. The van der Waals surface area contributed by atoms with Crippen molar-refractivity contribution < 1.29 is 14.5 Å². The van der Waals surface area contributed by atoms with E-state index in [0.29, 0.717) is 4.47 Å². The fraction of sp³-hybridized carbons (Fsp3) is 0.533. The van der Waals surface area contributed by atoms with Crippen LogP contribution in [0.2, 0.25) is 0 Å². The van der Waals surface area contributed by atoms with E-state index in [-0.39, 0.29) is 17.3 Å². The highest BCUT2D eigenvalue weighted by Gasteiger charge is 2.29. The van der Waals surface area contributed by atoms with Crippen LogP contribution >= 0.6 is 15.9 Å². The maximum absolute atomic E-state index is 12.3. The lowest BCUT2D eigenvalue weighted by Crippen LogP contribution is -2.40. The third-order valence-electron chi connectivity index (χ3n) is 2.79. The Balaban J connectivity index is 3.09. The zero-order valence-electron chi connectivity index (χ0n) is 13.3. The molecule has 0 aliphatic heterocycles. The zero-order valence-corrected chi connectivity index (χ0v) is 14.9. The van der Waals surface area contributed by atoms with Crippen LogP contribution in [0.4, 0.5) is 11.4 Å². The van der Waals surface area contributed by atoms with E-state index in [1.165, 1.54) is 6.07 Å². The highest BCUT2D eigenvalue weighted by molar-refractivity contribution is 9.10. The first-order valence-electron chi connectivity index (χ1n) is 6.94.